The summed E-state index contributed by atoms with van der Waals surface area (Å²) in [5.41, 5.74) is 3.74. The zero-order valence-electron chi connectivity index (χ0n) is 17.2. The lowest BCUT2D eigenvalue weighted by Gasteiger charge is -2.32. The summed E-state index contributed by atoms with van der Waals surface area (Å²) in [6.45, 7) is 8.58. The lowest BCUT2D eigenvalue weighted by molar-refractivity contribution is 0.0631. The van der Waals surface area contributed by atoms with Crippen LogP contribution in [0.4, 0.5) is 0 Å². The van der Waals surface area contributed by atoms with Crippen LogP contribution >= 0.6 is 0 Å². The van der Waals surface area contributed by atoms with Crippen molar-refractivity contribution in [2.24, 2.45) is 5.92 Å². The minimum Gasteiger partial charge on any atom is -0.496 e. The van der Waals surface area contributed by atoms with Gasteiger partial charge in [-0.05, 0) is 69.9 Å². The van der Waals surface area contributed by atoms with Gasteiger partial charge in [0.15, 0.2) is 5.78 Å². The molecule has 0 spiro atoms. The average Bonchev–Trinajstić information content (AvgIpc) is 2.66. The standard InChI is InChI=1S/C22H27N3O3/c1-13-9-18(10-14(2)21(13)28-5)20(26)17-7-6-8-25(12-17)22(27)19-11-15(3)23-16(4)24-19/h9-11,17H,6-8,12H2,1-5H3/t17-/m1/s1. The SMILES string of the molecule is COc1c(C)cc(C(=O)[C@@H]2CCCN(C(=O)c3cc(C)nc(C)n3)C2)cc1C. The molecule has 1 saturated heterocycles. The molecule has 0 N–H and O–H groups in total. The molecule has 148 valence electrons. The van der Waals surface area contributed by atoms with Crippen LogP contribution in [0.25, 0.3) is 0 Å². The largest absolute Gasteiger partial charge is 0.496 e. The number of methoxy groups -OCH3 is 1. The molecule has 0 radical (unpaired) electrons. The van der Waals surface area contributed by atoms with Crippen LogP contribution in [-0.2, 0) is 0 Å². The average molecular weight is 381 g/mol. The van der Waals surface area contributed by atoms with Gasteiger partial charge in [-0.3, -0.25) is 9.59 Å². The number of likely N-dealkylation sites (tertiary alicyclic amines) is 1. The number of aryl methyl sites for hydroxylation is 4. The number of hydrogen-bond donors (Lipinski definition) is 0. The highest BCUT2D eigenvalue weighted by atomic mass is 16.5. The first-order valence-corrected chi connectivity index (χ1v) is 9.61. The van der Waals surface area contributed by atoms with Crippen LogP contribution < -0.4 is 4.74 Å². The van der Waals surface area contributed by atoms with Gasteiger partial charge in [0.25, 0.3) is 5.91 Å². The van der Waals surface area contributed by atoms with Crippen molar-refractivity contribution < 1.29 is 14.3 Å². The molecule has 1 aromatic carbocycles. The molecule has 1 fully saturated rings. The summed E-state index contributed by atoms with van der Waals surface area (Å²) >= 11 is 0. The van der Waals surface area contributed by atoms with Crippen LogP contribution in [0.5, 0.6) is 5.75 Å². The fourth-order valence-electron chi connectivity index (χ4n) is 4.01. The zero-order valence-corrected chi connectivity index (χ0v) is 17.2. The monoisotopic (exact) mass is 381 g/mol. The number of rotatable bonds is 4. The van der Waals surface area contributed by atoms with Crippen molar-refractivity contribution in [3.63, 3.8) is 0 Å². The number of carbonyl (C=O) groups is 2. The molecule has 1 aliphatic rings. The fraction of sp³-hybridized carbons (Fsp3) is 0.455. The maximum absolute atomic E-state index is 13.1. The summed E-state index contributed by atoms with van der Waals surface area (Å²) in [6, 6.07) is 5.47. The Bertz CT molecular complexity index is 880. The second kappa shape index (κ2) is 8.09. The molecule has 1 amide bonds. The Labute approximate surface area is 165 Å². The molecule has 3 rings (SSSR count). The summed E-state index contributed by atoms with van der Waals surface area (Å²) in [5, 5.41) is 0. The van der Waals surface area contributed by atoms with Gasteiger partial charge < -0.3 is 9.64 Å². The molecular weight excluding hydrogens is 354 g/mol. The van der Waals surface area contributed by atoms with Gasteiger partial charge in [0.1, 0.15) is 17.3 Å². The Balaban J connectivity index is 1.79. The summed E-state index contributed by atoms with van der Waals surface area (Å²) in [5.74, 6) is 1.15. The molecule has 0 unspecified atom stereocenters. The van der Waals surface area contributed by atoms with E-state index >= 15 is 0 Å². The Morgan fingerprint density at radius 3 is 2.36 bits per heavy atom. The fourth-order valence-corrected chi connectivity index (χ4v) is 4.01. The van der Waals surface area contributed by atoms with Crippen molar-refractivity contribution in [2.75, 3.05) is 20.2 Å². The minimum atomic E-state index is -0.200. The third-order valence-corrected chi connectivity index (χ3v) is 5.21. The van der Waals surface area contributed by atoms with Gasteiger partial charge in [-0.2, -0.15) is 0 Å². The quantitative estimate of drug-likeness (QED) is 0.759. The van der Waals surface area contributed by atoms with Gasteiger partial charge in [0.2, 0.25) is 0 Å². The van der Waals surface area contributed by atoms with Gasteiger partial charge in [-0.25, -0.2) is 9.97 Å². The zero-order chi connectivity index (χ0) is 20.4. The Morgan fingerprint density at radius 2 is 1.75 bits per heavy atom. The Hall–Kier alpha value is -2.76. The van der Waals surface area contributed by atoms with E-state index in [1.54, 1.807) is 25.0 Å². The van der Waals surface area contributed by atoms with Crippen LogP contribution in [0.1, 0.15) is 56.3 Å². The number of carbonyl (C=O) groups excluding carboxylic acids is 2. The Kier molecular flexibility index (Phi) is 5.77. The Morgan fingerprint density at radius 1 is 1.07 bits per heavy atom. The summed E-state index contributed by atoms with van der Waals surface area (Å²) < 4.78 is 5.40. The first-order chi connectivity index (χ1) is 13.3. The molecule has 1 aliphatic heterocycles. The van der Waals surface area contributed by atoms with E-state index in [-0.39, 0.29) is 17.6 Å². The molecule has 0 bridgehead atoms. The second-order valence-corrected chi connectivity index (χ2v) is 7.54. The number of amides is 1. The van der Waals surface area contributed by atoms with Gasteiger partial charge in [0.05, 0.1) is 7.11 Å². The number of nitrogens with zero attached hydrogens (tertiary/aromatic N) is 3. The highest BCUT2D eigenvalue weighted by molar-refractivity contribution is 5.99. The van der Waals surface area contributed by atoms with Crippen LogP contribution in [0.3, 0.4) is 0 Å². The van der Waals surface area contributed by atoms with E-state index in [4.69, 9.17) is 4.74 Å². The number of ether oxygens (including phenoxy) is 1. The van der Waals surface area contributed by atoms with E-state index in [9.17, 15) is 9.59 Å². The van der Waals surface area contributed by atoms with Crippen molar-refractivity contribution in [2.45, 2.75) is 40.5 Å². The maximum atomic E-state index is 13.1. The topological polar surface area (TPSA) is 72.4 Å². The predicted octanol–water partition coefficient (Wildman–Crippen LogP) is 3.45. The van der Waals surface area contributed by atoms with Crippen molar-refractivity contribution >= 4 is 11.7 Å². The van der Waals surface area contributed by atoms with E-state index in [1.807, 2.05) is 32.9 Å². The van der Waals surface area contributed by atoms with Gasteiger partial charge in [0, 0.05) is 30.3 Å². The number of hydrogen-bond acceptors (Lipinski definition) is 5. The van der Waals surface area contributed by atoms with Gasteiger partial charge >= 0.3 is 0 Å². The summed E-state index contributed by atoms with van der Waals surface area (Å²) in [7, 11) is 1.64. The van der Waals surface area contributed by atoms with Crippen LogP contribution in [-0.4, -0.2) is 46.8 Å². The van der Waals surface area contributed by atoms with Gasteiger partial charge in [-0.1, -0.05) is 0 Å². The van der Waals surface area contributed by atoms with Crippen LogP contribution in [0.2, 0.25) is 0 Å². The molecule has 2 aromatic rings. The summed E-state index contributed by atoms with van der Waals surface area (Å²) in [6.07, 6.45) is 1.59. The molecule has 0 saturated carbocycles. The molecular formula is C22H27N3O3. The minimum absolute atomic E-state index is 0.0846. The number of ketones is 1. The third kappa shape index (κ3) is 4.06. The molecule has 1 atom stereocenters. The van der Waals surface area contributed by atoms with E-state index in [0.29, 0.717) is 30.2 Å². The third-order valence-electron chi connectivity index (χ3n) is 5.21. The number of aromatic nitrogens is 2. The highest BCUT2D eigenvalue weighted by Crippen LogP contribution is 2.28. The molecule has 1 aromatic heterocycles. The van der Waals surface area contributed by atoms with Gasteiger partial charge in [-0.15, -0.1) is 0 Å². The van der Waals surface area contributed by atoms with E-state index in [0.717, 1.165) is 35.4 Å². The smallest absolute Gasteiger partial charge is 0.272 e. The van der Waals surface area contributed by atoms with Crippen molar-refractivity contribution in [1.29, 1.82) is 0 Å². The molecule has 28 heavy (non-hydrogen) atoms. The number of benzene rings is 1. The van der Waals surface area contributed by atoms with E-state index < -0.39 is 0 Å². The molecule has 0 aliphatic carbocycles. The number of piperidine rings is 1. The second-order valence-electron chi connectivity index (χ2n) is 7.54. The van der Waals surface area contributed by atoms with E-state index in [1.165, 1.54) is 0 Å². The normalized spacial score (nSPS) is 16.8. The summed E-state index contributed by atoms with van der Waals surface area (Å²) in [4.78, 5) is 36.3. The van der Waals surface area contributed by atoms with Crippen LogP contribution in [0.15, 0.2) is 18.2 Å². The predicted molar refractivity (Wildman–Crippen MR) is 107 cm³/mol. The first kappa shape index (κ1) is 20.0. The molecule has 6 heteroatoms. The lowest BCUT2D eigenvalue weighted by atomic mass is 9.88. The highest BCUT2D eigenvalue weighted by Gasteiger charge is 2.30. The molecule has 6 nitrogen and oxygen atoms in total. The van der Waals surface area contributed by atoms with E-state index in [2.05, 4.69) is 9.97 Å². The van der Waals surface area contributed by atoms with Crippen molar-refractivity contribution in [3.05, 3.63) is 52.1 Å². The number of Topliss-reactive ketones (excluding diaryl/α,β-unsaturated/α-hetero) is 1. The first-order valence-electron chi connectivity index (χ1n) is 9.61. The molecule has 2 heterocycles. The van der Waals surface area contributed by atoms with Crippen molar-refractivity contribution in [1.82, 2.24) is 14.9 Å². The maximum Gasteiger partial charge on any atom is 0.272 e. The van der Waals surface area contributed by atoms with Crippen molar-refractivity contribution in [3.8, 4) is 5.75 Å². The van der Waals surface area contributed by atoms with Crippen LogP contribution in [0, 0.1) is 33.6 Å². The lowest BCUT2D eigenvalue weighted by Crippen LogP contribution is -2.42.